The second-order valence-corrected chi connectivity index (χ2v) is 18.9. The van der Waals surface area contributed by atoms with Gasteiger partial charge in [-0.2, -0.15) is 0 Å². The summed E-state index contributed by atoms with van der Waals surface area (Å²) in [4.78, 5) is 0. The van der Waals surface area contributed by atoms with E-state index in [-0.39, 0.29) is 0 Å². The highest BCUT2D eigenvalue weighted by atomic mass is 32.6. The average molecular weight is 527 g/mol. The summed E-state index contributed by atoms with van der Waals surface area (Å²) >= 11 is 16.1. The van der Waals surface area contributed by atoms with Crippen molar-refractivity contribution in [2.45, 2.75) is 38.5 Å². The normalized spacial score (nSPS) is 16.3. The van der Waals surface area contributed by atoms with Gasteiger partial charge in [0.25, 0.3) is 6.37 Å². The van der Waals surface area contributed by atoms with Gasteiger partial charge < -0.3 is 10.6 Å². The van der Waals surface area contributed by atoms with E-state index >= 15 is 0 Å². The van der Waals surface area contributed by atoms with E-state index in [0.717, 1.165) is 34.1 Å². The van der Waals surface area contributed by atoms with Crippen molar-refractivity contribution < 1.29 is 0 Å². The number of hydrogen-bond donors (Lipinski definition) is 2. The van der Waals surface area contributed by atoms with Crippen LogP contribution < -0.4 is 21.0 Å². The smallest absolute Gasteiger partial charge is 0.251 e. The lowest BCUT2D eigenvalue weighted by atomic mass is 10.2. The molecule has 172 valence electrons. The van der Waals surface area contributed by atoms with Crippen molar-refractivity contribution in [3.05, 3.63) is 83.2 Å². The van der Waals surface area contributed by atoms with Crippen molar-refractivity contribution >= 4 is 72.0 Å². The Morgan fingerprint density at radius 2 is 1.06 bits per heavy atom. The van der Waals surface area contributed by atoms with Crippen LogP contribution in [-0.4, -0.2) is 28.9 Å². The van der Waals surface area contributed by atoms with E-state index in [1.807, 2.05) is 36.5 Å². The SMILES string of the molecule is CNC1=C(C(=S)S[Si](SC(=S)C2=C(NC)CCC2)(c2ccccc2)c2ccccc2)CCC1. The zero-order valence-electron chi connectivity index (χ0n) is 19.1. The molecule has 0 bridgehead atoms. The van der Waals surface area contributed by atoms with Crippen LogP contribution in [0.5, 0.6) is 0 Å². The molecule has 0 amide bonds. The highest BCUT2D eigenvalue weighted by Gasteiger charge is 2.43. The third-order valence-corrected chi connectivity index (χ3v) is 19.1. The van der Waals surface area contributed by atoms with Crippen molar-refractivity contribution in [1.29, 1.82) is 0 Å². The molecule has 0 spiro atoms. The minimum atomic E-state index is -2.47. The average Bonchev–Trinajstić information content (AvgIpc) is 3.54. The first kappa shape index (κ1) is 24.7. The molecule has 0 radical (unpaired) electrons. The Kier molecular flexibility index (Phi) is 8.52. The van der Waals surface area contributed by atoms with Crippen LogP contribution >= 0.6 is 46.9 Å². The molecular weight excluding hydrogens is 497 g/mol. The minimum absolute atomic E-state index is 1.03. The van der Waals surface area contributed by atoms with Gasteiger partial charge in [-0.3, -0.25) is 0 Å². The predicted octanol–water partition coefficient (Wildman–Crippen LogP) is 5.68. The predicted molar refractivity (Wildman–Crippen MR) is 158 cm³/mol. The van der Waals surface area contributed by atoms with Gasteiger partial charge in [0, 0.05) is 25.5 Å². The zero-order valence-corrected chi connectivity index (χ0v) is 23.4. The second-order valence-electron chi connectivity index (χ2n) is 8.25. The quantitative estimate of drug-likeness (QED) is 0.339. The Bertz CT molecular complexity index is 992. The maximum Gasteiger partial charge on any atom is 0.251 e. The van der Waals surface area contributed by atoms with Crippen LogP contribution in [0, 0.1) is 0 Å². The third-order valence-electron chi connectivity index (χ3n) is 6.31. The van der Waals surface area contributed by atoms with E-state index < -0.39 is 6.37 Å². The van der Waals surface area contributed by atoms with Gasteiger partial charge in [-0.25, -0.2) is 0 Å². The maximum absolute atomic E-state index is 6.16. The summed E-state index contributed by atoms with van der Waals surface area (Å²) in [5, 5.41) is 9.51. The van der Waals surface area contributed by atoms with Crippen LogP contribution in [0.4, 0.5) is 0 Å². The van der Waals surface area contributed by atoms with Crippen molar-refractivity contribution in [3.8, 4) is 0 Å². The first-order valence-corrected chi connectivity index (χ1v) is 17.4. The Labute approximate surface area is 217 Å². The van der Waals surface area contributed by atoms with E-state index in [1.165, 1.54) is 45.8 Å². The fraction of sp³-hybridized carbons (Fsp3) is 0.308. The molecule has 0 saturated carbocycles. The number of hydrogen-bond acceptors (Lipinski definition) is 6. The van der Waals surface area contributed by atoms with Gasteiger partial charge in [0.1, 0.15) is 0 Å². The molecule has 7 heteroatoms. The molecule has 2 nitrogen and oxygen atoms in total. The van der Waals surface area contributed by atoms with Crippen LogP contribution in [0.1, 0.15) is 38.5 Å². The Hall–Kier alpha value is -1.38. The van der Waals surface area contributed by atoms with Gasteiger partial charge in [0.2, 0.25) is 0 Å². The lowest BCUT2D eigenvalue weighted by Crippen LogP contribution is -2.54. The van der Waals surface area contributed by atoms with Crippen LogP contribution in [0.3, 0.4) is 0 Å². The maximum atomic E-state index is 6.16. The zero-order chi connectivity index (χ0) is 23.3. The highest BCUT2D eigenvalue weighted by Crippen LogP contribution is 2.41. The van der Waals surface area contributed by atoms with Gasteiger partial charge >= 0.3 is 0 Å². The van der Waals surface area contributed by atoms with E-state index in [0.29, 0.717) is 0 Å². The molecule has 2 aliphatic rings. The standard InChI is InChI=1S/C26H30N2S4Si/c1-27-23-17-9-15-21(23)25(29)31-33(19-11-5-3-6-12-19,20-13-7-4-8-14-20)32-26(30)22-16-10-18-24(22)28-2/h3-8,11-14,27-28H,9-10,15-18H2,1-2H3. The Morgan fingerprint density at radius 1 is 0.667 bits per heavy atom. The van der Waals surface area contributed by atoms with Crippen LogP contribution in [0.2, 0.25) is 0 Å². The Balaban J connectivity index is 1.82. The van der Waals surface area contributed by atoms with Gasteiger partial charge in [-0.15, -0.1) is 22.4 Å². The summed E-state index contributed by atoms with van der Waals surface area (Å²) in [5.74, 6) is 0. The number of allylic oxidation sites excluding steroid dienone is 2. The Morgan fingerprint density at radius 3 is 1.42 bits per heavy atom. The van der Waals surface area contributed by atoms with Crippen LogP contribution in [0.15, 0.2) is 83.2 Å². The molecule has 33 heavy (non-hydrogen) atoms. The molecule has 0 unspecified atom stereocenters. The van der Waals surface area contributed by atoms with E-state index in [9.17, 15) is 0 Å². The summed E-state index contributed by atoms with van der Waals surface area (Å²) in [6.45, 7) is 0. The molecule has 0 aromatic heterocycles. The molecule has 2 aromatic carbocycles. The van der Waals surface area contributed by atoms with E-state index in [2.05, 4.69) is 71.3 Å². The molecule has 0 saturated heterocycles. The summed E-state index contributed by atoms with van der Waals surface area (Å²) in [6.07, 6.45) is 4.15. The fourth-order valence-corrected chi connectivity index (χ4v) is 18.9. The first-order chi connectivity index (χ1) is 16.1. The molecular formula is C26H30N2S4Si. The summed E-state index contributed by atoms with van der Waals surface area (Å²) in [7, 11) is 4.03. The van der Waals surface area contributed by atoms with Crippen molar-refractivity contribution in [1.82, 2.24) is 10.6 Å². The number of benzene rings is 2. The second kappa shape index (κ2) is 11.4. The molecule has 4 rings (SSSR count). The lowest BCUT2D eigenvalue weighted by molar-refractivity contribution is 0.846. The molecule has 0 heterocycles. The fourth-order valence-electron chi connectivity index (χ4n) is 4.61. The number of rotatable bonds is 8. The van der Waals surface area contributed by atoms with Crippen LogP contribution in [-0.2, 0) is 0 Å². The molecule has 2 N–H and O–H groups in total. The summed E-state index contributed by atoms with van der Waals surface area (Å²) in [6, 6.07) is 21.9. The van der Waals surface area contributed by atoms with Crippen molar-refractivity contribution in [3.63, 3.8) is 0 Å². The number of nitrogens with one attached hydrogen (secondary N) is 2. The lowest BCUT2D eigenvalue weighted by Gasteiger charge is -2.32. The van der Waals surface area contributed by atoms with E-state index in [4.69, 9.17) is 24.4 Å². The molecule has 2 aliphatic carbocycles. The summed E-state index contributed by atoms with van der Waals surface area (Å²) in [5.41, 5.74) is 5.26. The minimum Gasteiger partial charge on any atom is -0.391 e. The first-order valence-electron chi connectivity index (χ1n) is 11.5. The molecule has 2 aromatic rings. The summed E-state index contributed by atoms with van der Waals surface area (Å²) < 4.78 is 2.06. The van der Waals surface area contributed by atoms with Gasteiger partial charge in [0.15, 0.2) is 0 Å². The third kappa shape index (κ3) is 5.33. The molecule has 0 atom stereocenters. The highest BCUT2D eigenvalue weighted by molar-refractivity contribution is 8.72. The monoisotopic (exact) mass is 526 g/mol. The van der Waals surface area contributed by atoms with Gasteiger partial charge in [-0.1, -0.05) is 85.1 Å². The van der Waals surface area contributed by atoms with E-state index in [1.54, 1.807) is 0 Å². The van der Waals surface area contributed by atoms with Gasteiger partial charge in [0.05, 0.1) is 8.39 Å². The van der Waals surface area contributed by atoms with Crippen molar-refractivity contribution in [2.75, 3.05) is 14.1 Å². The molecule has 0 fully saturated rings. The largest absolute Gasteiger partial charge is 0.391 e. The van der Waals surface area contributed by atoms with Gasteiger partial charge in [-0.05, 0) is 60.0 Å². The van der Waals surface area contributed by atoms with Crippen LogP contribution in [0.25, 0.3) is 0 Å². The topological polar surface area (TPSA) is 24.1 Å². The number of thiocarbonyl (C=S) groups is 2. The van der Waals surface area contributed by atoms with Crippen molar-refractivity contribution in [2.24, 2.45) is 0 Å². The molecule has 0 aliphatic heterocycles.